The lowest BCUT2D eigenvalue weighted by Gasteiger charge is -2.07. The van der Waals surface area contributed by atoms with Crippen LogP contribution in [-0.2, 0) is 19.0 Å². The van der Waals surface area contributed by atoms with Crippen LogP contribution in [0.25, 0.3) is 11.2 Å². The van der Waals surface area contributed by atoms with Gasteiger partial charge in [0.05, 0.1) is 12.2 Å². The Hall–Kier alpha value is -1.40. The van der Waals surface area contributed by atoms with Gasteiger partial charge >= 0.3 is 0 Å². The second-order valence-electron chi connectivity index (χ2n) is 4.11. The molecule has 0 atom stereocenters. The first-order chi connectivity index (χ1) is 9.28. The molecule has 0 aliphatic heterocycles. The minimum Gasteiger partial charge on any atom is -0.336 e. The number of hydrogen-bond acceptors (Lipinski definition) is 3. The predicted octanol–water partition coefficient (Wildman–Crippen LogP) is 2.83. The number of fused-ring (bicyclic) bond motifs is 1. The summed E-state index contributed by atoms with van der Waals surface area (Å²) in [4.78, 5) is 13.0. The van der Waals surface area contributed by atoms with Gasteiger partial charge in [-0.05, 0) is 22.0 Å². The van der Waals surface area contributed by atoms with Crippen molar-refractivity contribution in [3.05, 3.63) is 41.3 Å². The Morgan fingerprint density at radius 3 is 2.95 bits per heavy atom. The fraction of sp³-hybridized carbons (Fsp3) is 0.250. The smallest absolute Gasteiger partial charge is 0.160 e. The minimum absolute atomic E-state index is 0.373. The van der Waals surface area contributed by atoms with Gasteiger partial charge in [0.15, 0.2) is 5.65 Å². The molecule has 3 rings (SSSR count). The SMILES string of the molecule is ClCc1nc2cc(Br)cnc2n1CCn1ccnc1. The maximum atomic E-state index is 5.96. The summed E-state index contributed by atoms with van der Waals surface area (Å²) in [7, 11) is 0. The molecule has 0 aromatic carbocycles. The van der Waals surface area contributed by atoms with Crippen LogP contribution in [0.1, 0.15) is 5.82 Å². The van der Waals surface area contributed by atoms with E-state index in [2.05, 4.69) is 35.4 Å². The summed E-state index contributed by atoms with van der Waals surface area (Å²) < 4.78 is 4.98. The Kier molecular flexibility index (Phi) is 3.52. The molecule has 0 saturated carbocycles. The molecule has 3 aromatic heterocycles. The molecule has 3 heterocycles. The first kappa shape index (κ1) is 12.6. The van der Waals surface area contributed by atoms with Crippen molar-refractivity contribution < 1.29 is 0 Å². The summed E-state index contributed by atoms with van der Waals surface area (Å²) >= 11 is 9.36. The first-order valence-electron chi connectivity index (χ1n) is 5.80. The van der Waals surface area contributed by atoms with Gasteiger partial charge in [-0.1, -0.05) is 0 Å². The fourth-order valence-electron chi connectivity index (χ4n) is 2.00. The Balaban J connectivity index is 1.96. The third-order valence-electron chi connectivity index (χ3n) is 2.89. The molecule has 0 radical (unpaired) electrons. The summed E-state index contributed by atoms with van der Waals surface area (Å²) in [5, 5.41) is 0. The molecule has 0 aliphatic carbocycles. The molecule has 7 heteroatoms. The monoisotopic (exact) mass is 339 g/mol. The van der Waals surface area contributed by atoms with Crippen LogP contribution in [0.2, 0.25) is 0 Å². The molecule has 0 fully saturated rings. The quantitative estimate of drug-likeness (QED) is 0.686. The standard InChI is InChI=1S/C12H11BrClN5/c13-9-5-10-12(16-7-9)19(11(6-14)17-10)4-3-18-2-1-15-8-18/h1-2,5,7-8H,3-4,6H2. The maximum absolute atomic E-state index is 5.96. The molecular weight excluding hydrogens is 330 g/mol. The van der Waals surface area contributed by atoms with Crippen molar-refractivity contribution in [2.45, 2.75) is 19.0 Å². The number of imidazole rings is 2. The van der Waals surface area contributed by atoms with Gasteiger partial charge in [0.25, 0.3) is 0 Å². The van der Waals surface area contributed by atoms with Gasteiger partial charge in [-0.15, -0.1) is 11.6 Å². The largest absolute Gasteiger partial charge is 0.336 e. The summed E-state index contributed by atoms with van der Waals surface area (Å²) in [6.07, 6.45) is 7.27. The van der Waals surface area contributed by atoms with Crippen LogP contribution in [0.3, 0.4) is 0 Å². The maximum Gasteiger partial charge on any atom is 0.160 e. The number of aryl methyl sites for hydroxylation is 2. The zero-order chi connectivity index (χ0) is 13.2. The van der Waals surface area contributed by atoms with Gasteiger partial charge < -0.3 is 9.13 Å². The molecule has 0 amide bonds. The Morgan fingerprint density at radius 1 is 1.32 bits per heavy atom. The first-order valence-corrected chi connectivity index (χ1v) is 7.13. The molecule has 3 aromatic rings. The van der Waals surface area contributed by atoms with Crippen molar-refractivity contribution in [1.29, 1.82) is 0 Å². The highest BCUT2D eigenvalue weighted by Gasteiger charge is 2.11. The number of nitrogens with zero attached hydrogens (tertiary/aromatic N) is 5. The summed E-state index contributed by atoms with van der Waals surface area (Å²) in [6.45, 7) is 1.58. The van der Waals surface area contributed by atoms with Gasteiger partial charge in [-0.25, -0.2) is 15.0 Å². The summed E-state index contributed by atoms with van der Waals surface area (Å²) in [6, 6.07) is 1.95. The number of alkyl halides is 1. The van der Waals surface area contributed by atoms with Crippen molar-refractivity contribution in [2.24, 2.45) is 0 Å². The highest BCUT2D eigenvalue weighted by molar-refractivity contribution is 9.10. The van der Waals surface area contributed by atoms with Crippen molar-refractivity contribution in [1.82, 2.24) is 24.1 Å². The molecule has 0 spiro atoms. The second-order valence-corrected chi connectivity index (χ2v) is 5.29. The van der Waals surface area contributed by atoms with Crippen molar-refractivity contribution in [3.8, 4) is 0 Å². The highest BCUT2D eigenvalue weighted by atomic mass is 79.9. The Bertz CT molecular complexity index is 692. The molecule has 0 N–H and O–H groups in total. The van der Waals surface area contributed by atoms with Crippen molar-refractivity contribution in [3.63, 3.8) is 0 Å². The van der Waals surface area contributed by atoms with Gasteiger partial charge in [0, 0.05) is 36.2 Å². The molecule has 0 saturated heterocycles. The van der Waals surface area contributed by atoms with E-state index in [9.17, 15) is 0 Å². The zero-order valence-corrected chi connectivity index (χ0v) is 12.3. The molecule has 0 bridgehead atoms. The lowest BCUT2D eigenvalue weighted by atomic mass is 10.4. The van der Waals surface area contributed by atoms with Crippen LogP contribution >= 0.6 is 27.5 Å². The second kappa shape index (κ2) is 5.30. The average molecular weight is 341 g/mol. The van der Waals surface area contributed by atoms with E-state index < -0.39 is 0 Å². The van der Waals surface area contributed by atoms with Crippen molar-refractivity contribution in [2.75, 3.05) is 0 Å². The lowest BCUT2D eigenvalue weighted by molar-refractivity contribution is 0.574. The van der Waals surface area contributed by atoms with Gasteiger partial charge in [-0.3, -0.25) is 0 Å². The molecule has 0 unspecified atom stereocenters. The van der Waals surface area contributed by atoms with E-state index in [1.54, 1.807) is 18.7 Å². The van der Waals surface area contributed by atoms with Gasteiger partial charge in [0.2, 0.25) is 0 Å². The third kappa shape index (κ3) is 2.50. The third-order valence-corrected chi connectivity index (χ3v) is 3.56. The number of pyridine rings is 1. The number of rotatable bonds is 4. The average Bonchev–Trinajstić information content (AvgIpc) is 3.02. The fourth-order valence-corrected chi connectivity index (χ4v) is 2.53. The van der Waals surface area contributed by atoms with E-state index in [1.165, 1.54) is 0 Å². The Labute approximate surface area is 123 Å². The van der Waals surface area contributed by atoms with E-state index in [4.69, 9.17) is 11.6 Å². The van der Waals surface area contributed by atoms with Crippen LogP contribution in [0.5, 0.6) is 0 Å². The topological polar surface area (TPSA) is 48.5 Å². The lowest BCUT2D eigenvalue weighted by Crippen LogP contribution is -2.09. The molecular formula is C12H11BrClN5. The number of hydrogen-bond donors (Lipinski definition) is 0. The summed E-state index contributed by atoms with van der Waals surface area (Å²) in [5.41, 5.74) is 1.72. The molecule has 19 heavy (non-hydrogen) atoms. The Morgan fingerprint density at radius 2 is 2.21 bits per heavy atom. The highest BCUT2D eigenvalue weighted by Crippen LogP contribution is 2.19. The molecule has 5 nitrogen and oxygen atoms in total. The van der Waals surface area contributed by atoms with E-state index >= 15 is 0 Å². The van der Waals surface area contributed by atoms with E-state index in [0.29, 0.717) is 5.88 Å². The van der Waals surface area contributed by atoms with Crippen LogP contribution in [0.4, 0.5) is 0 Å². The van der Waals surface area contributed by atoms with E-state index in [1.807, 2.05) is 16.8 Å². The minimum atomic E-state index is 0.373. The summed E-state index contributed by atoms with van der Waals surface area (Å²) in [5.74, 6) is 1.21. The molecule has 0 aliphatic rings. The normalized spacial score (nSPS) is 11.3. The van der Waals surface area contributed by atoms with Crippen LogP contribution in [-0.4, -0.2) is 24.1 Å². The predicted molar refractivity (Wildman–Crippen MR) is 77.0 cm³/mol. The van der Waals surface area contributed by atoms with Gasteiger partial charge in [-0.2, -0.15) is 0 Å². The zero-order valence-electron chi connectivity index (χ0n) is 10.0. The van der Waals surface area contributed by atoms with Crippen LogP contribution in [0.15, 0.2) is 35.5 Å². The van der Waals surface area contributed by atoms with E-state index in [0.717, 1.165) is 34.6 Å². The van der Waals surface area contributed by atoms with Crippen molar-refractivity contribution >= 4 is 38.7 Å². The molecule has 98 valence electrons. The van der Waals surface area contributed by atoms with Crippen LogP contribution in [0, 0.1) is 0 Å². The van der Waals surface area contributed by atoms with E-state index in [-0.39, 0.29) is 0 Å². The van der Waals surface area contributed by atoms with Crippen LogP contribution < -0.4 is 0 Å². The van der Waals surface area contributed by atoms with Gasteiger partial charge in [0.1, 0.15) is 11.3 Å². The number of halogens is 2. The number of aromatic nitrogens is 5.